The van der Waals surface area contributed by atoms with E-state index in [2.05, 4.69) is 15.3 Å². The van der Waals surface area contributed by atoms with Crippen LogP contribution in [0.25, 0.3) is 10.2 Å². The van der Waals surface area contributed by atoms with E-state index in [-0.39, 0.29) is 22.6 Å². The summed E-state index contributed by atoms with van der Waals surface area (Å²) >= 11 is 1.55. The van der Waals surface area contributed by atoms with Gasteiger partial charge in [0.15, 0.2) is 0 Å². The molecule has 0 radical (unpaired) electrons. The molecule has 3 aromatic rings. The molecule has 1 aliphatic rings. The van der Waals surface area contributed by atoms with Crippen LogP contribution in [0.2, 0.25) is 0 Å². The van der Waals surface area contributed by atoms with E-state index in [0.29, 0.717) is 25.2 Å². The predicted octanol–water partition coefficient (Wildman–Crippen LogP) is 2.98. The van der Waals surface area contributed by atoms with Crippen molar-refractivity contribution in [3.8, 4) is 0 Å². The van der Waals surface area contributed by atoms with Gasteiger partial charge in [-0.15, -0.1) is 11.3 Å². The first kappa shape index (κ1) is 19.0. The summed E-state index contributed by atoms with van der Waals surface area (Å²) in [4.78, 5) is 21.1. The average Bonchev–Trinajstić information content (AvgIpc) is 3.16. The number of anilines is 1. The lowest BCUT2D eigenvalue weighted by Gasteiger charge is -2.35. The number of nitrogens with zero attached hydrogens (tertiary/aromatic N) is 3. The number of rotatable bonds is 4. The fourth-order valence-electron chi connectivity index (χ4n) is 3.53. The Balaban J connectivity index is 1.44. The van der Waals surface area contributed by atoms with Gasteiger partial charge >= 0.3 is 0 Å². The van der Waals surface area contributed by atoms with Gasteiger partial charge in [0.05, 0.1) is 15.7 Å². The van der Waals surface area contributed by atoms with E-state index in [1.165, 1.54) is 10.5 Å². The normalized spacial score (nSPS) is 20.9. The average molecular weight is 417 g/mol. The summed E-state index contributed by atoms with van der Waals surface area (Å²) in [5.41, 5.74) is 3.34. The second kappa shape index (κ2) is 7.57. The second-order valence-electron chi connectivity index (χ2n) is 6.95. The fourth-order valence-corrected chi connectivity index (χ4v) is 5.71. The number of nitrogens with one attached hydrogen (secondary N) is 1. The van der Waals surface area contributed by atoms with Crippen LogP contribution >= 0.6 is 11.3 Å². The number of benzene rings is 1. The molecule has 0 unspecified atom stereocenters. The summed E-state index contributed by atoms with van der Waals surface area (Å²) in [6.45, 7) is 2.53. The van der Waals surface area contributed by atoms with Gasteiger partial charge in [0.2, 0.25) is 15.9 Å². The Morgan fingerprint density at radius 3 is 2.93 bits per heavy atom. The first-order chi connectivity index (χ1) is 13.4. The van der Waals surface area contributed by atoms with Crippen LogP contribution in [0.15, 0.2) is 53.1 Å². The summed E-state index contributed by atoms with van der Waals surface area (Å²) in [6.07, 6.45) is 3.38. The van der Waals surface area contributed by atoms with Crippen LogP contribution in [0, 0.1) is 11.8 Å². The number of piperidine rings is 1. The number of carbonyl (C=O) groups is 1. The molecule has 1 aliphatic heterocycles. The molecule has 1 aromatic carbocycles. The first-order valence-corrected chi connectivity index (χ1v) is 11.3. The van der Waals surface area contributed by atoms with Gasteiger partial charge in [-0.3, -0.25) is 9.78 Å². The zero-order valence-electron chi connectivity index (χ0n) is 15.3. The van der Waals surface area contributed by atoms with Crippen molar-refractivity contribution < 1.29 is 13.2 Å². The molecule has 1 fully saturated rings. The molecule has 0 bridgehead atoms. The molecule has 1 amide bonds. The van der Waals surface area contributed by atoms with Crippen LogP contribution in [-0.2, 0) is 14.8 Å². The van der Waals surface area contributed by atoms with Crippen molar-refractivity contribution >= 4 is 43.2 Å². The Bertz CT molecular complexity index is 1100. The first-order valence-electron chi connectivity index (χ1n) is 8.99. The van der Waals surface area contributed by atoms with E-state index >= 15 is 0 Å². The Hall–Kier alpha value is -2.36. The summed E-state index contributed by atoms with van der Waals surface area (Å²) in [5, 5.41) is 2.96. The Kier molecular flexibility index (Phi) is 5.13. The molecule has 0 spiro atoms. The van der Waals surface area contributed by atoms with E-state index in [0.717, 1.165) is 10.2 Å². The lowest BCUT2D eigenvalue weighted by molar-refractivity contribution is -0.122. The number of pyridine rings is 1. The third-order valence-electron chi connectivity index (χ3n) is 5.07. The van der Waals surface area contributed by atoms with Crippen molar-refractivity contribution in [1.29, 1.82) is 0 Å². The fraction of sp³-hybridized carbons (Fsp3) is 0.316. The smallest absolute Gasteiger partial charge is 0.244 e. The minimum atomic E-state index is -3.59. The van der Waals surface area contributed by atoms with Crippen molar-refractivity contribution in [2.75, 3.05) is 18.4 Å². The topological polar surface area (TPSA) is 92.3 Å². The van der Waals surface area contributed by atoms with Crippen LogP contribution in [0.5, 0.6) is 0 Å². The molecule has 1 N–H and O–H groups in total. The molecule has 3 heterocycles. The Labute approximate surface area is 167 Å². The molecule has 0 aliphatic carbocycles. The maximum absolute atomic E-state index is 12.8. The second-order valence-corrected chi connectivity index (χ2v) is 9.77. The summed E-state index contributed by atoms with van der Waals surface area (Å²) in [7, 11) is -3.59. The summed E-state index contributed by atoms with van der Waals surface area (Å²) < 4.78 is 28.1. The number of carbonyl (C=O) groups excluding carboxylic acids is 1. The number of fused-ring (bicyclic) bond motifs is 1. The highest BCUT2D eigenvalue weighted by molar-refractivity contribution is 7.89. The van der Waals surface area contributed by atoms with Gasteiger partial charge in [0, 0.05) is 37.1 Å². The van der Waals surface area contributed by atoms with Gasteiger partial charge in [-0.1, -0.05) is 6.92 Å². The highest BCUT2D eigenvalue weighted by atomic mass is 32.2. The SMILES string of the molecule is C[C@H]1CN(S(=O)(=O)c2cccnc2)CC[C@@H]1C(=O)Nc1ccc2scnc2c1. The maximum atomic E-state index is 12.8. The Morgan fingerprint density at radius 1 is 1.32 bits per heavy atom. The van der Waals surface area contributed by atoms with E-state index in [1.807, 2.05) is 25.1 Å². The largest absolute Gasteiger partial charge is 0.326 e. The molecule has 2 atom stereocenters. The molecular formula is C19H20N4O3S2. The van der Waals surface area contributed by atoms with Gasteiger partial charge in [-0.25, -0.2) is 13.4 Å². The van der Waals surface area contributed by atoms with Crippen LogP contribution in [-0.4, -0.2) is 41.7 Å². The molecule has 9 heteroatoms. The zero-order chi connectivity index (χ0) is 19.7. The van der Waals surface area contributed by atoms with E-state index < -0.39 is 10.0 Å². The van der Waals surface area contributed by atoms with Gasteiger partial charge < -0.3 is 5.32 Å². The van der Waals surface area contributed by atoms with Crippen LogP contribution in [0.4, 0.5) is 5.69 Å². The third-order valence-corrected chi connectivity index (χ3v) is 7.73. The molecule has 1 saturated heterocycles. The van der Waals surface area contributed by atoms with Crippen molar-refractivity contribution in [2.45, 2.75) is 18.2 Å². The molecule has 4 rings (SSSR count). The van der Waals surface area contributed by atoms with E-state index in [1.54, 1.807) is 35.2 Å². The van der Waals surface area contributed by atoms with Gasteiger partial charge in [-0.05, 0) is 42.7 Å². The van der Waals surface area contributed by atoms with Crippen LogP contribution in [0.1, 0.15) is 13.3 Å². The molecule has 2 aromatic heterocycles. The number of amides is 1. The van der Waals surface area contributed by atoms with Crippen molar-refractivity contribution in [3.63, 3.8) is 0 Å². The lowest BCUT2D eigenvalue weighted by atomic mass is 9.87. The zero-order valence-corrected chi connectivity index (χ0v) is 16.9. The highest BCUT2D eigenvalue weighted by Gasteiger charge is 2.36. The van der Waals surface area contributed by atoms with Gasteiger partial charge in [-0.2, -0.15) is 4.31 Å². The maximum Gasteiger partial charge on any atom is 0.244 e. The monoisotopic (exact) mass is 416 g/mol. The molecule has 0 saturated carbocycles. The quantitative estimate of drug-likeness (QED) is 0.706. The number of aromatic nitrogens is 2. The molecule has 28 heavy (non-hydrogen) atoms. The molecule has 7 nitrogen and oxygen atoms in total. The highest BCUT2D eigenvalue weighted by Crippen LogP contribution is 2.29. The molecule has 146 valence electrons. The van der Waals surface area contributed by atoms with Gasteiger partial charge in [0.25, 0.3) is 0 Å². The van der Waals surface area contributed by atoms with Crippen molar-refractivity contribution in [2.24, 2.45) is 11.8 Å². The number of thiazole rings is 1. The minimum Gasteiger partial charge on any atom is -0.326 e. The summed E-state index contributed by atoms with van der Waals surface area (Å²) in [5.74, 6) is -0.421. The van der Waals surface area contributed by atoms with Crippen molar-refractivity contribution in [3.05, 3.63) is 48.2 Å². The van der Waals surface area contributed by atoms with E-state index in [9.17, 15) is 13.2 Å². The number of sulfonamides is 1. The van der Waals surface area contributed by atoms with Crippen molar-refractivity contribution in [1.82, 2.24) is 14.3 Å². The number of hydrogen-bond acceptors (Lipinski definition) is 6. The standard InChI is InChI=1S/C19H20N4O3S2/c1-13-11-23(28(25,26)15-3-2-7-20-10-15)8-6-16(13)19(24)22-14-4-5-18-17(9-14)21-12-27-18/h2-5,7,9-10,12-13,16H,6,8,11H2,1H3,(H,22,24)/t13-,16-/m0/s1. The van der Waals surface area contributed by atoms with E-state index in [4.69, 9.17) is 0 Å². The molecular weight excluding hydrogens is 396 g/mol. The third kappa shape index (κ3) is 3.65. The summed E-state index contributed by atoms with van der Waals surface area (Å²) in [6, 6.07) is 8.81. The lowest BCUT2D eigenvalue weighted by Crippen LogP contribution is -2.46. The Morgan fingerprint density at radius 2 is 2.18 bits per heavy atom. The number of hydrogen-bond donors (Lipinski definition) is 1. The minimum absolute atomic E-state index is 0.0829. The van der Waals surface area contributed by atoms with Crippen LogP contribution in [0.3, 0.4) is 0 Å². The predicted molar refractivity (Wildman–Crippen MR) is 109 cm³/mol. The van der Waals surface area contributed by atoms with Crippen LogP contribution < -0.4 is 5.32 Å². The van der Waals surface area contributed by atoms with Gasteiger partial charge in [0.1, 0.15) is 4.90 Å².